The molecule has 5 atom stereocenters. The fourth-order valence-electron chi connectivity index (χ4n) is 5.72. The summed E-state index contributed by atoms with van der Waals surface area (Å²) in [6.07, 6.45) is 6.27. The summed E-state index contributed by atoms with van der Waals surface area (Å²) in [7, 11) is 0. The van der Waals surface area contributed by atoms with Crippen LogP contribution in [0, 0.1) is 23.7 Å². The number of hydrogen-bond donors (Lipinski definition) is 0. The highest BCUT2D eigenvalue weighted by molar-refractivity contribution is 6.21. The molecule has 3 heteroatoms. The average Bonchev–Trinajstić information content (AvgIpc) is 2.87. The molecule has 108 valence electrons. The highest BCUT2D eigenvalue weighted by Crippen LogP contribution is 2.56. The number of carbonyl (C=O) groups excluding carboxylic acids is 2. The summed E-state index contributed by atoms with van der Waals surface area (Å²) in [4.78, 5) is 27.1. The first kappa shape index (κ1) is 12.0. The molecule has 0 aromatic heterocycles. The number of rotatable bonds is 1. The maximum absolute atomic E-state index is 12.7. The third kappa shape index (κ3) is 1.49. The van der Waals surface area contributed by atoms with Gasteiger partial charge in [-0.3, -0.25) is 14.5 Å². The number of fused-ring (bicyclic) bond motifs is 3. The number of imide groups is 1. The Balaban J connectivity index is 1.55. The number of amides is 2. The molecule has 3 nitrogen and oxygen atoms in total. The topological polar surface area (TPSA) is 37.4 Å². The fraction of sp³-hybridized carbons (Fsp3) is 0.556. The van der Waals surface area contributed by atoms with Gasteiger partial charge in [0.05, 0.1) is 11.1 Å². The molecule has 3 fully saturated rings. The number of benzene rings is 1. The average molecular weight is 281 g/mol. The van der Waals surface area contributed by atoms with Crippen LogP contribution in [-0.2, 0) is 0 Å². The molecule has 1 aromatic carbocycles. The molecule has 5 rings (SSSR count). The summed E-state index contributed by atoms with van der Waals surface area (Å²) in [6.45, 7) is 0. The summed E-state index contributed by atoms with van der Waals surface area (Å²) < 4.78 is 0. The Bertz CT molecular complexity index is 615. The van der Waals surface area contributed by atoms with Crippen molar-refractivity contribution in [1.82, 2.24) is 4.90 Å². The third-order valence-corrected chi connectivity index (χ3v) is 6.38. The van der Waals surface area contributed by atoms with Crippen molar-refractivity contribution < 1.29 is 9.59 Å². The molecule has 0 saturated heterocycles. The second kappa shape index (κ2) is 3.96. The first-order valence-corrected chi connectivity index (χ1v) is 8.19. The smallest absolute Gasteiger partial charge is 0.261 e. The lowest BCUT2D eigenvalue weighted by Crippen LogP contribution is -2.48. The molecule has 0 N–H and O–H groups in total. The second-order valence-corrected chi connectivity index (χ2v) is 7.43. The Morgan fingerprint density at radius 3 is 2.10 bits per heavy atom. The largest absolute Gasteiger partial charge is 0.271 e. The van der Waals surface area contributed by atoms with E-state index in [1.165, 1.54) is 25.7 Å². The van der Waals surface area contributed by atoms with Crippen molar-refractivity contribution in [1.29, 1.82) is 0 Å². The van der Waals surface area contributed by atoms with Gasteiger partial charge in [-0.05, 0) is 67.9 Å². The van der Waals surface area contributed by atoms with E-state index in [-0.39, 0.29) is 17.9 Å². The molecule has 2 amide bonds. The predicted octanol–water partition coefficient (Wildman–Crippen LogP) is 3.11. The van der Waals surface area contributed by atoms with E-state index in [9.17, 15) is 9.59 Å². The quantitative estimate of drug-likeness (QED) is 0.742. The van der Waals surface area contributed by atoms with E-state index >= 15 is 0 Å². The van der Waals surface area contributed by atoms with Crippen LogP contribution in [0.4, 0.5) is 0 Å². The Morgan fingerprint density at radius 1 is 0.810 bits per heavy atom. The van der Waals surface area contributed by atoms with Crippen molar-refractivity contribution in [2.24, 2.45) is 23.7 Å². The number of nitrogens with zero attached hydrogens (tertiary/aromatic N) is 1. The molecule has 0 spiro atoms. The lowest BCUT2D eigenvalue weighted by Gasteiger charge is -2.42. The van der Waals surface area contributed by atoms with Crippen molar-refractivity contribution in [2.75, 3.05) is 0 Å². The van der Waals surface area contributed by atoms with E-state index in [0.717, 1.165) is 24.2 Å². The molecular formula is C18H19NO2. The zero-order chi connectivity index (χ0) is 14.1. The summed E-state index contributed by atoms with van der Waals surface area (Å²) in [5.41, 5.74) is 1.21. The van der Waals surface area contributed by atoms with Crippen LogP contribution < -0.4 is 0 Å². The standard InChI is InChI=1S/C18H19NO2/c20-17-13-3-1-2-4-14(13)18(21)19(17)16-9-11-5-10-6-12(7-11)15(16)8-10/h1-4,10-12,15-16H,5-9H2/t10-,11+,12-,15-,16-/m0/s1. The molecule has 1 aromatic rings. The SMILES string of the molecule is O=C1c2ccccc2C(=O)N1[C@H]1C[C@@H]2C[C@H]3C[C@@H](C2)[C@@H]1C3. The molecule has 3 saturated carbocycles. The predicted molar refractivity (Wildman–Crippen MR) is 77.8 cm³/mol. The summed E-state index contributed by atoms with van der Waals surface area (Å²) in [5, 5.41) is 0. The maximum Gasteiger partial charge on any atom is 0.261 e. The van der Waals surface area contributed by atoms with Crippen LogP contribution >= 0.6 is 0 Å². The van der Waals surface area contributed by atoms with Crippen molar-refractivity contribution in [2.45, 2.75) is 38.1 Å². The molecule has 3 aliphatic carbocycles. The molecule has 1 aliphatic heterocycles. The zero-order valence-corrected chi connectivity index (χ0v) is 12.0. The van der Waals surface area contributed by atoms with Crippen LogP contribution in [-0.4, -0.2) is 22.8 Å². The third-order valence-electron chi connectivity index (χ3n) is 6.38. The van der Waals surface area contributed by atoms with Gasteiger partial charge in [-0.15, -0.1) is 0 Å². The summed E-state index contributed by atoms with van der Waals surface area (Å²) >= 11 is 0. The van der Waals surface area contributed by atoms with Crippen LogP contribution in [0.2, 0.25) is 0 Å². The van der Waals surface area contributed by atoms with Crippen LogP contribution in [0.15, 0.2) is 24.3 Å². The minimum atomic E-state index is -0.0506. The molecule has 1 heterocycles. The van der Waals surface area contributed by atoms with Crippen LogP contribution in [0.1, 0.15) is 52.8 Å². The van der Waals surface area contributed by atoms with Gasteiger partial charge < -0.3 is 0 Å². The van der Waals surface area contributed by atoms with E-state index in [4.69, 9.17) is 0 Å². The lowest BCUT2D eigenvalue weighted by molar-refractivity contribution is 0.0349. The second-order valence-electron chi connectivity index (χ2n) is 7.43. The first-order chi connectivity index (χ1) is 10.2. The molecule has 4 aliphatic rings. The first-order valence-electron chi connectivity index (χ1n) is 8.19. The van der Waals surface area contributed by atoms with Crippen molar-refractivity contribution >= 4 is 11.8 Å². The maximum atomic E-state index is 12.7. The van der Waals surface area contributed by atoms with Gasteiger partial charge >= 0.3 is 0 Å². The molecule has 0 unspecified atom stereocenters. The zero-order valence-electron chi connectivity index (χ0n) is 12.0. The monoisotopic (exact) mass is 281 g/mol. The lowest BCUT2D eigenvalue weighted by atomic mass is 9.69. The molecule has 21 heavy (non-hydrogen) atoms. The highest BCUT2D eigenvalue weighted by atomic mass is 16.2. The minimum absolute atomic E-state index is 0.0506. The normalized spacial score (nSPS) is 40.0. The van der Waals surface area contributed by atoms with Crippen LogP contribution in [0.5, 0.6) is 0 Å². The molecule has 0 radical (unpaired) electrons. The van der Waals surface area contributed by atoms with E-state index < -0.39 is 0 Å². The van der Waals surface area contributed by atoms with Crippen molar-refractivity contribution in [3.63, 3.8) is 0 Å². The number of hydrogen-bond acceptors (Lipinski definition) is 2. The van der Waals surface area contributed by atoms with E-state index in [1.807, 2.05) is 12.1 Å². The van der Waals surface area contributed by atoms with Gasteiger partial charge in [-0.1, -0.05) is 12.1 Å². The molecule has 3 bridgehead atoms. The van der Waals surface area contributed by atoms with Gasteiger partial charge in [0.15, 0.2) is 0 Å². The highest BCUT2D eigenvalue weighted by Gasteiger charge is 2.53. The van der Waals surface area contributed by atoms with E-state index in [0.29, 0.717) is 17.0 Å². The minimum Gasteiger partial charge on any atom is -0.271 e. The van der Waals surface area contributed by atoms with Gasteiger partial charge in [0.1, 0.15) is 0 Å². The molecular weight excluding hydrogens is 262 g/mol. The van der Waals surface area contributed by atoms with Crippen molar-refractivity contribution in [3.05, 3.63) is 35.4 Å². The summed E-state index contributed by atoms with van der Waals surface area (Å²) in [5.74, 6) is 2.82. The van der Waals surface area contributed by atoms with E-state index in [2.05, 4.69) is 0 Å². The Hall–Kier alpha value is -1.64. The summed E-state index contributed by atoms with van der Waals surface area (Å²) in [6, 6.07) is 7.45. The van der Waals surface area contributed by atoms with Crippen LogP contribution in [0.25, 0.3) is 0 Å². The Morgan fingerprint density at radius 2 is 1.43 bits per heavy atom. The Labute approximate surface area is 124 Å². The van der Waals surface area contributed by atoms with Gasteiger partial charge in [0.25, 0.3) is 11.8 Å². The van der Waals surface area contributed by atoms with Gasteiger partial charge in [-0.25, -0.2) is 0 Å². The Kier molecular flexibility index (Phi) is 2.26. The fourth-order valence-corrected chi connectivity index (χ4v) is 5.72. The van der Waals surface area contributed by atoms with Gasteiger partial charge in [-0.2, -0.15) is 0 Å². The van der Waals surface area contributed by atoms with E-state index in [1.54, 1.807) is 17.0 Å². The van der Waals surface area contributed by atoms with Crippen molar-refractivity contribution in [3.8, 4) is 0 Å². The van der Waals surface area contributed by atoms with Crippen LogP contribution in [0.3, 0.4) is 0 Å². The number of carbonyl (C=O) groups is 2. The van der Waals surface area contributed by atoms with Gasteiger partial charge in [0, 0.05) is 6.04 Å². The van der Waals surface area contributed by atoms with Gasteiger partial charge in [0.2, 0.25) is 0 Å².